The van der Waals surface area contributed by atoms with Crippen LogP contribution in [-0.4, -0.2) is 63.4 Å². The molecule has 3 aromatic rings. The summed E-state index contributed by atoms with van der Waals surface area (Å²) in [4.78, 5) is 15.2. The first kappa shape index (κ1) is 23.8. The van der Waals surface area contributed by atoms with E-state index in [4.69, 9.17) is 9.47 Å². The van der Waals surface area contributed by atoms with Crippen molar-refractivity contribution < 1.29 is 27.0 Å². The number of methoxy groups -OCH3 is 1. The normalized spacial score (nSPS) is 22.1. The average molecular weight is 494 g/mol. The van der Waals surface area contributed by atoms with Crippen LogP contribution in [0.5, 0.6) is 11.8 Å². The lowest BCUT2D eigenvalue weighted by Gasteiger charge is -2.44. The number of piperidine rings is 3. The van der Waals surface area contributed by atoms with Gasteiger partial charge in [-0.15, -0.1) is 0 Å². The zero-order chi connectivity index (χ0) is 24.7. The van der Waals surface area contributed by atoms with Gasteiger partial charge in [0.1, 0.15) is 29.0 Å². The number of aromatic nitrogens is 4. The Morgan fingerprint density at radius 1 is 1.11 bits per heavy atom. The first-order valence-corrected chi connectivity index (χ1v) is 11.7. The van der Waals surface area contributed by atoms with Crippen molar-refractivity contribution in [3.63, 3.8) is 0 Å². The average Bonchev–Trinajstić information content (AvgIpc) is 3.17. The van der Waals surface area contributed by atoms with Gasteiger partial charge in [0.25, 0.3) is 0 Å². The summed E-state index contributed by atoms with van der Waals surface area (Å²) in [5.41, 5.74) is 1.44. The lowest BCUT2D eigenvalue weighted by molar-refractivity contribution is -0.134. The number of aryl methyl sites for hydroxylation is 2. The van der Waals surface area contributed by atoms with Crippen molar-refractivity contribution in [3.8, 4) is 11.8 Å². The van der Waals surface area contributed by atoms with E-state index < -0.39 is 18.4 Å². The number of halogens is 4. The van der Waals surface area contributed by atoms with Gasteiger partial charge in [-0.1, -0.05) is 6.07 Å². The second-order valence-electron chi connectivity index (χ2n) is 9.24. The Morgan fingerprint density at radius 2 is 1.89 bits per heavy atom. The Bertz CT molecular complexity index is 1220. The van der Waals surface area contributed by atoms with Crippen molar-refractivity contribution in [2.75, 3.05) is 26.7 Å². The maximum atomic E-state index is 15.2. The smallest absolute Gasteiger partial charge is 0.389 e. The quantitative estimate of drug-likeness (QED) is 0.458. The molecule has 0 aliphatic carbocycles. The number of hydrogen-bond donors (Lipinski definition) is 0. The highest BCUT2D eigenvalue weighted by Gasteiger charge is 2.35. The molecule has 3 aliphatic rings. The van der Waals surface area contributed by atoms with Crippen LogP contribution in [0, 0.1) is 18.7 Å². The Hall–Kier alpha value is -2.95. The number of nitrogens with zero attached hydrogens (tertiary/aromatic N) is 5. The summed E-state index contributed by atoms with van der Waals surface area (Å²) in [6.07, 6.45) is -3.53. The van der Waals surface area contributed by atoms with E-state index in [1.807, 2.05) is 0 Å². The van der Waals surface area contributed by atoms with Gasteiger partial charge < -0.3 is 14.0 Å². The van der Waals surface area contributed by atoms with E-state index in [1.54, 1.807) is 19.1 Å². The van der Waals surface area contributed by atoms with Crippen molar-refractivity contribution >= 4 is 11.2 Å². The summed E-state index contributed by atoms with van der Waals surface area (Å²) in [7, 11) is 1.40. The fourth-order valence-electron chi connectivity index (χ4n) is 4.98. The molecular formula is C24H27F4N5O2. The molecule has 0 amide bonds. The summed E-state index contributed by atoms with van der Waals surface area (Å²) in [6.45, 7) is 4.66. The van der Waals surface area contributed by atoms with Gasteiger partial charge in [0.2, 0.25) is 0 Å². The molecule has 1 aromatic carbocycles. The lowest BCUT2D eigenvalue weighted by atomic mass is 9.86. The third-order valence-corrected chi connectivity index (χ3v) is 6.88. The van der Waals surface area contributed by atoms with Gasteiger partial charge in [-0.3, -0.25) is 4.90 Å². The highest BCUT2D eigenvalue weighted by atomic mass is 19.4. The molecule has 188 valence electrons. The predicted molar refractivity (Wildman–Crippen MR) is 120 cm³/mol. The van der Waals surface area contributed by atoms with Crippen LogP contribution < -0.4 is 9.47 Å². The minimum atomic E-state index is -4.35. The highest BCUT2D eigenvalue weighted by molar-refractivity contribution is 5.74. The zero-order valence-corrected chi connectivity index (χ0v) is 19.6. The van der Waals surface area contributed by atoms with Crippen LogP contribution in [0.1, 0.15) is 36.3 Å². The fourth-order valence-corrected chi connectivity index (χ4v) is 4.98. The lowest BCUT2D eigenvalue weighted by Crippen LogP contribution is -2.52. The minimum absolute atomic E-state index is 0.0325. The van der Waals surface area contributed by atoms with E-state index >= 15 is 4.39 Å². The number of alkyl halides is 3. The second-order valence-corrected chi connectivity index (χ2v) is 9.24. The number of hydrogen-bond acceptors (Lipinski definition) is 6. The predicted octanol–water partition coefficient (Wildman–Crippen LogP) is 4.30. The first-order chi connectivity index (χ1) is 16.7. The van der Waals surface area contributed by atoms with E-state index in [9.17, 15) is 13.2 Å². The van der Waals surface area contributed by atoms with Gasteiger partial charge in [-0.2, -0.15) is 23.1 Å². The molecule has 3 saturated heterocycles. The van der Waals surface area contributed by atoms with Gasteiger partial charge in [0.05, 0.1) is 25.8 Å². The topological polar surface area (TPSA) is 65.3 Å². The molecule has 2 bridgehead atoms. The van der Waals surface area contributed by atoms with Crippen molar-refractivity contribution in [1.82, 2.24) is 24.4 Å². The summed E-state index contributed by atoms with van der Waals surface area (Å²) < 4.78 is 66.7. The summed E-state index contributed by atoms with van der Waals surface area (Å²) in [6, 6.07) is 4.74. The highest BCUT2D eigenvalue weighted by Crippen LogP contribution is 2.32. The molecule has 1 atom stereocenters. The Kier molecular flexibility index (Phi) is 6.29. The van der Waals surface area contributed by atoms with Gasteiger partial charge in [-0.05, 0) is 44.8 Å². The molecule has 3 aliphatic heterocycles. The van der Waals surface area contributed by atoms with E-state index in [1.165, 1.54) is 17.7 Å². The largest absolute Gasteiger partial charge is 0.489 e. The summed E-state index contributed by atoms with van der Waals surface area (Å²) in [5, 5.41) is 0. The van der Waals surface area contributed by atoms with Crippen molar-refractivity contribution in [2.24, 2.45) is 5.92 Å². The van der Waals surface area contributed by atoms with Gasteiger partial charge in [-0.25, -0.2) is 9.37 Å². The fraction of sp³-hybridized carbons (Fsp3) is 0.542. The van der Waals surface area contributed by atoms with E-state index in [-0.39, 0.29) is 30.9 Å². The van der Waals surface area contributed by atoms with Crippen LogP contribution in [0.25, 0.3) is 11.2 Å². The van der Waals surface area contributed by atoms with Crippen LogP contribution >= 0.6 is 0 Å². The molecule has 2 aromatic heterocycles. The third-order valence-electron chi connectivity index (χ3n) is 6.88. The number of rotatable bonds is 7. The molecular weight excluding hydrogens is 466 g/mol. The van der Waals surface area contributed by atoms with Gasteiger partial charge in [0.15, 0.2) is 5.65 Å². The number of benzene rings is 1. The van der Waals surface area contributed by atoms with Crippen molar-refractivity contribution in [3.05, 3.63) is 41.1 Å². The maximum absolute atomic E-state index is 15.2. The van der Waals surface area contributed by atoms with Gasteiger partial charge in [0, 0.05) is 24.6 Å². The Morgan fingerprint density at radius 3 is 2.51 bits per heavy atom. The summed E-state index contributed by atoms with van der Waals surface area (Å²) >= 11 is 0. The van der Waals surface area contributed by atoms with E-state index in [2.05, 4.69) is 19.9 Å². The van der Waals surface area contributed by atoms with Gasteiger partial charge >= 0.3 is 12.2 Å². The van der Waals surface area contributed by atoms with Crippen molar-refractivity contribution in [1.29, 1.82) is 0 Å². The van der Waals surface area contributed by atoms with Crippen LogP contribution in [-0.2, 0) is 13.0 Å². The third kappa shape index (κ3) is 5.05. The molecule has 3 fully saturated rings. The SMILES string of the molecule is COc1nc(C)c2nc(CCC(F)(F)F)n(Cc3ccc(O[C@@H]4CN5CCC4CC5)cc3F)c2n1. The molecule has 0 N–H and O–H groups in total. The zero-order valence-electron chi connectivity index (χ0n) is 19.6. The molecule has 5 heterocycles. The monoisotopic (exact) mass is 493 g/mol. The standard InChI is InChI=1S/C24H27F4N5O2/c1-14-21-22(31-23(29-14)34-2)33(20(30-21)5-8-24(26,27)28)12-16-3-4-17(11-18(16)25)35-19-13-32-9-6-15(19)7-10-32/h3-4,11,15,19H,5-10,12-13H2,1-2H3/t19-/m1/s1. The van der Waals surface area contributed by atoms with Crippen LogP contribution in [0.3, 0.4) is 0 Å². The second kappa shape index (κ2) is 9.25. The number of imidazole rings is 1. The van der Waals surface area contributed by atoms with Crippen molar-refractivity contribution in [2.45, 2.75) is 51.4 Å². The molecule has 6 rings (SSSR count). The molecule has 11 heteroatoms. The summed E-state index contributed by atoms with van der Waals surface area (Å²) in [5.74, 6) is 0.604. The maximum Gasteiger partial charge on any atom is 0.389 e. The molecule has 0 saturated carbocycles. The number of ether oxygens (including phenoxy) is 2. The number of fused-ring (bicyclic) bond motifs is 4. The van der Waals surface area contributed by atoms with E-state index in [0.29, 0.717) is 34.1 Å². The molecule has 7 nitrogen and oxygen atoms in total. The van der Waals surface area contributed by atoms with Crippen LogP contribution in [0.15, 0.2) is 18.2 Å². The Labute approximate surface area is 200 Å². The minimum Gasteiger partial charge on any atom is -0.489 e. The molecule has 35 heavy (non-hydrogen) atoms. The molecule has 0 unspecified atom stereocenters. The first-order valence-electron chi connectivity index (χ1n) is 11.7. The van der Waals surface area contributed by atoms with Crippen LogP contribution in [0.2, 0.25) is 0 Å². The van der Waals surface area contributed by atoms with E-state index in [0.717, 1.165) is 32.5 Å². The van der Waals surface area contributed by atoms with Crippen LogP contribution in [0.4, 0.5) is 17.6 Å². The molecule has 0 radical (unpaired) electrons. The molecule has 0 spiro atoms. The Balaban J connectivity index is 1.43.